The molecule has 2 N–H and O–H groups in total. The van der Waals surface area contributed by atoms with Crippen LogP contribution in [0.5, 0.6) is 11.5 Å². The summed E-state index contributed by atoms with van der Waals surface area (Å²) in [7, 11) is 0. The third-order valence-electron chi connectivity index (χ3n) is 5.00. The molecule has 0 heterocycles. The Hall–Kier alpha value is -3.85. The number of phenolic OH excluding ortho intramolecular Hbond substituents is 2. The maximum absolute atomic E-state index is 12.7. The van der Waals surface area contributed by atoms with Crippen molar-refractivity contribution < 1.29 is 15.0 Å². The van der Waals surface area contributed by atoms with Gasteiger partial charge in [-0.05, 0) is 41.0 Å². The summed E-state index contributed by atoms with van der Waals surface area (Å²) in [6.45, 7) is 0. The molecular weight excluding hydrogens is 360 g/mol. The number of carbonyl (C=O) groups is 1. The molecule has 3 nitrogen and oxygen atoms in total. The number of aromatic hydroxyl groups is 2. The van der Waals surface area contributed by atoms with Crippen molar-refractivity contribution in [1.82, 2.24) is 0 Å². The maximum Gasteiger partial charge on any atom is 0.193 e. The standard InChI is InChI=1S/C26H20O3/c27-23-14-10-19(11-15-23)25(20-12-16-24(28)17-13-20)18-6-8-22(9-7-18)26(29)21-4-2-1-3-5-21/h1-17,25,27-28H. The van der Waals surface area contributed by atoms with Gasteiger partial charge in [-0.3, -0.25) is 4.79 Å². The molecule has 0 unspecified atom stereocenters. The van der Waals surface area contributed by atoms with Crippen LogP contribution in [0.1, 0.15) is 38.5 Å². The largest absolute Gasteiger partial charge is 0.508 e. The fourth-order valence-corrected chi connectivity index (χ4v) is 3.49. The second kappa shape index (κ2) is 8.03. The van der Waals surface area contributed by atoms with Crippen molar-refractivity contribution in [3.63, 3.8) is 0 Å². The van der Waals surface area contributed by atoms with Crippen LogP contribution in [0.4, 0.5) is 0 Å². The minimum Gasteiger partial charge on any atom is -0.508 e. The van der Waals surface area contributed by atoms with E-state index in [1.165, 1.54) is 0 Å². The van der Waals surface area contributed by atoms with Crippen molar-refractivity contribution in [2.75, 3.05) is 0 Å². The summed E-state index contributed by atoms with van der Waals surface area (Å²) in [6, 6.07) is 31.0. The van der Waals surface area contributed by atoms with Crippen LogP contribution >= 0.6 is 0 Å². The van der Waals surface area contributed by atoms with Crippen LogP contribution in [0, 0.1) is 0 Å². The second-order valence-electron chi connectivity index (χ2n) is 6.93. The molecule has 29 heavy (non-hydrogen) atoms. The molecule has 0 radical (unpaired) electrons. The topological polar surface area (TPSA) is 57.5 Å². The molecule has 142 valence electrons. The lowest BCUT2D eigenvalue weighted by atomic mass is 9.84. The van der Waals surface area contributed by atoms with Gasteiger partial charge in [0.05, 0.1) is 0 Å². The maximum atomic E-state index is 12.7. The van der Waals surface area contributed by atoms with E-state index in [9.17, 15) is 15.0 Å². The molecule has 4 aromatic carbocycles. The van der Waals surface area contributed by atoms with Gasteiger partial charge in [-0.25, -0.2) is 0 Å². The van der Waals surface area contributed by atoms with Gasteiger partial charge in [-0.1, -0.05) is 78.9 Å². The number of carbonyl (C=O) groups excluding carboxylic acids is 1. The number of ketones is 1. The van der Waals surface area contributed by atoms with Gasteiger partial charge in [-0.15, -0.1) is 0 Å². The molecule has 4 aromatic rings. The van der Waals surface area contributed by atoms with E-state index in [0.717, 1.165) is 16.7 Å². The summed E-state index contributed by atoms with van der Waals surface area (Å²) in [5, 5.41) is 19.3. The van der Waals surface area contributed by atoms with E-state index in [2.05, 4.69) is 0 Å². The summed E-state index contributed by atoms with van der Waals surface area (Å²) >= 11 is 0. The van der Waals surface area contributed by atoms with E-state index in [1.807, 2.05) is 78.9 Å². The molecule has 0 aliphatic heterocycles. The Kier molecular flexibility index (Phi) is 5.12. The summed E-state index contributed by atoms with van der Waals surface area (Å²) in [5.74, 6) is 0.323. The zero-order valence-corrected chi connectivity index (χ0v) is 15.7. The lowest BCUT2D eigenvalue weighted by Crippen LogP contribution is -2.05. The first kappa shape index (κ1) is 18.5. The van der Waals surface area contributed by atoms with Crippen LogP contribution in [-0.2, 0) is 0 Å². The summed E-state index contributed by atoms with van der Waals surface area (Å²) in [6.07, 6.45) is 0. The summed E-state index contributed by atoms with van der Waals surface area (Å²) in [4.78, 5) is 12.7. The van der Waals surface area contributed by atoms with Gasteiger partial charge < -0.3 is 10.2 Å². The Balaban J connectivity index is 1.72. The van der Waals surface area contributed by atoms with E-state index in [1.54, 1.807) is 24.3 Å². The number of phenols is 2. The minimum absolute atomic E-state index is 0.0111. The van der Waals surface area contributed by atoms with Crippen LogP contribution in [0.15, 0.2) is 103 Å². The SMILES string of the molecule is O=C(c1ccccc1)c1ccc(C(c2ccc(O)cc2)c2ccc(O)cc2)cc1. The van der Waals surface area contributed by atoms with Gasteiger partial charge in [0.2, 0.25) is 0 Å². The first-order valence-electron chi connectivity index (χ1n) is 9.39. The third kappa shape index (κ3) is 4.04. The number of hydrogen-bond donors (Lipinski definition) is 2. The Morgan fingerprint density at radius 2 is 0.897 bits per heavy atom. The Morgan fingerprint density at radius 3 is 1.34 bits per heavy atom. The minimum atomic E-state index is -0.0860. The molecule has 0 fully saturated rings. The van der Waals surface area contributed by atoms with Gasteiger partial charge in [-0.2, -0.15) is 0 Å². The Morgan fingerprint density at radius 1 is 0.517 bits per heavy atom. The average molecular weight is 380 g/mol. The third-order valence-corrected chi connectivity index (χ3v) is 5.00. The van der Waals surface area contributed by atoms with Crippen molar-refractivity contribution in [2.24, 2.45) is 0 Å². The molecular formula is C26H20O3. The molecule has 3 heteroatoms. The molecule has 0 bridgehead atoms. The van der Waals surface area contributed by atoms with E-state index in [-0.39, 0.29) is 23.2 Å². The number of hydrogen-bond acceptors (Lipinski definition) is 3. The Bertz CT molecular complexity index is 1050. The van der Waals surface area contributed by atoms with Gasteiger partial charge >= 0.3 is 0 Å². The zero-order valence-electron chi connectivity index (χ0n) is 15.7. The van der Waals surface area contributed by atoms with Gasteiger partial charge in [0.15, 0.2) is 5.78 Å². The molecule has 0 aliphatic rings. The lowest BCUT2D eigenvalue weighted by Gasteiger charge is -2.19. The van der Waals surface area contributed by atoms with Crippen molar-refractivity contribution in [2.45, 2.75) is 5.92 Å². The normalized spacial score (nSPS) is 10.8. The summed E-state index contributed by atoms with van der Waals surface area (Å²) in [5.41, 5.74) is 4.33. The Labute approximate surface area is 169 Å². The predicted octanol–water partition coefficient (Wildman–Crippen LogP) is 5.51. The number of rotatable bonds is 5. The smallest absolute Gasteiger partial charge is 0.193 e. The number of benzene rings is 4. The molecule has 0 spiro atoms. The predicted molar refractivity (Wildman–Crippen MR) is 113 cm³/mol. The van der Waals surface area contributed by atoms with Gasteiger partial charge in [0, 0.05) is 17.0 Å². The van der Waals surface area contributed by atoms with E-state index in [4.69, 9.17) is 0 Å². The molecule has 0 aromatic heterocycles. The van der Waals surface area contributed by atoms with Crippen molar-refractivity contribution in [1.29, 1.82) is 0 Å². The van der Waals surface area contributed by atoms with Crippen molar-refractivity contribution in [3.05, 3.63) is 131 Å². The van der Waals surface area contributed by atoms with Crippen LogP contribution < -0.4 is 0 Å². The second-order valence-corrected chi connectivity index (χ2v) is 6.93. The highest BCUT2D eigenvalue weighted by Gasteiger charge is 2.18. The molecule has 0 atom stereocenters. The van der Waals surface area contributed by atoms with Gasteiger partial charge in [0.25, 0.3) is 0 Å². The molecule has 0 amide bonds. The molecule has 4 rings (SSSR count). The monoisotopic (exact) mass is 380 g/mol. The molecule has 0 saturated carbocycles. The van der Waals surface area contributed by atoms with Crippen LogP contribution in [0.3, 0.4) is 0 Å². The molecule has 0 saturated heterocycles. The highest BCUT2D eigenvalue weighted by atomic mass is 16.3. The van der Waals surface area contributed by atoms with Crippen LogP contribution in [-0.4, -0.2) is 16.0 Å². The van der Waals surface area contributed by atoms with Crippen molar-refractivity contribution >= 4 is 5.78 Å². The highest BCUT2D eigenvalue weighted by Crippen LogP contribution is 2.33. The fourth-order valence-electron chi connectivity index (χ4n) is 3.49. The van der Waals surface area contributed by atoms with Gasteiger partial charge in [0.1, 0.15) is 11.5 Å². The van der Waals surface area contributed by atoms with E-state index >= 15 is 0 Å². The summed E-state index contributed by atoms with van der Waals surface area (Å²) < 4.78 is 0. The quantitative estimate of drug-likeness (QED) is 0.355. The van der Waals surface area contributed by atoms with Crippen molar-refractivity contribution in [3.8, 4) is 11.5 Å². The zero-order chi connectivity index (χ0) is 20.2. The average Bonchev–Trinajstić information content (AvgIpc) is 2.77. The van der Waals surface area contributed by atoms with Crippen LogP contribution in [0.25, 0.3) is 0 Å². The van der Waals surface area contributed by atoms with E-state index in [0.29, 0.717) is 11.1 Å². The molecule has 0 aliphatic carbocycles. The fraction of sp³-hybridized carbons (Fsp3) is 0.0385. The first-order valence-corrected chi connectivity index (χ1v) is 9.39. The first-order chi connectivity index (χ1) is 14.1. The highest BCUT2D eigenvalue weighted by molar-refractivity contribution is 6.08. The van der Waals surface area contributed by atoms with E-state index < -0.39 is 0 Å². The lowest BCUT2D eigenvalue weighted by molar-refractivity contribution is 0.103. The van der Waals surface area contributed by atoms with Crippen LogP contribution in [0.2, 0.25) is 0 Å².